The van der Waals surface area contributed by atoms with Crippen LogP contribution in [-0.4, -0.2) is 30.6 Å². The van der Waals surface area contributed by atoms with E-state index in [9.17, 15) is 4.79 Å². The summed E-state index contributed by atoms with van der Waals surface area (Å²) in [6.07, 6.45) is 1.34. The Bertz CT molecular complexity index is 492. The third-order valence-electron chi connectivity index (χ3n) is 1.60. The number of H-pyrrole nitrogens is 2. The van der Waals surface area contributed by atoms with Crippen molar-refractivity contribution in [2.75, 3.05) is 5.32 Å². The normalized spacial score (nSPS) is 10.2. The summed E-state index contributed by atoms with van der Waals surface area (Å²) >= 11 is 1.91. The lowest BCUT2D eigenvalue weighted by Crippen LogP contribution is -2.15. The average Bonchev–Trinajstić information content (AvgIpc) is 2.73. The second-order valence-electron chi connectivity index (χ2n) is 2.58. The first kappa shape index (κ1) is 10.0. The van der Waals surface area contributed by atoms with Gasteiger partial charge in [-0.3, -0.25) is 4.79 Å². The van der Waals surface area contributed by atoms with Gasteiger partial charge in [-0.15, -0.1) is 10.2 Å². The number of aromatic nitrogens is 6. The van der Waals surface area contributed by atoms with E-state index in [1.807, 2.05) is 22.6 Å². The summed E-state index contributed by atoms with van der Waals surface area (Å²) in [7, 11) is 0. The van der Waals surface area contributed by atoms with E-state index in [0.717, 1.165) is 0 Å². The molecule has 0 saturated carbocycles. The molecule has 0 aliphatic carbocycles. The van der Waals surface area contributed by atoms with Crippen LogP contribution in [0.3, 0.4) is 0 Å². The molecule has 9 heteroatoms. The maximum atomic E-state index is 11.2. The van der Waals surface area contributed by atoms with Crippen molar-refractivity contribution in [2.45, 2.75) is 6.54 Å². The number of anilines is 1. The molecular weight excluding hydrogens is 313 g/mol. The Balaban J connectivity index is 2.12. The Morgan fingerprint density at radius 2 is 2.40 bits per heavy atom. The number of rotatable bonds is 3. The minimum absolute atomic E-state index is 0.179. The van der Waals surface area contributed by atoms with Crippen LogP contribution in [0.5, 0.6) is 0 Å². The summed E-state index contributed by atoms with van der Waals surface area (Å²) in [6, 6.07) is 0. The molecule has 0 spiro atoms. The number of hydrogen-bond acceptors (Lipinski definition) is 6. The van der Waals surface area contributed by atoms with Gasteiger partial charge in [-0.05, 0) is 22.6 Å². The van der Waals surface area contributed by atoms with Gasteiger partial charge in [0.15, 0.2) is 5.82 Å². The lowest BCUT2D eigenvalue weighted by molar-refractivity contribution is 0.881. The fourth-order valence-corrected chi connectivity index (χ4v) is 1.41. The zero-order valence-electron chi connectivity index (χ0n) is 7.36. The van der Waals surface area contributed by atoms with Crippen molar-refractivity contribution >= 4 is 28.4 Å². The quantitative estimate of drug-likeness (QED) is 0.658. The highest BCUT2D eigenvalue weighted by atomic mass is 127. The summed E-state index contributed by atoms with van der Waals surface area (Å²) in [5.74, 6) is 1.01. The fraction of sp³-hybridized carbons (Fsp3) is 0.167. The van der Waals surface area contributed by atoms with Crippen molar-refractivity contribution < 1.29 is 0 Å². The summed E-state index contributed by atoms with van der Waals surface area (Å²) in [4.78, 5) is 17.7. The lowest BCUT2D eigenvalue weighted by atomic mass is 10.5. The number of tetrazole rings is 1. The van der Waals surface area contributed by atoms with Crippen LogP contribution in [0.1, 0.15) is 5.82 Å². The monoisotopic (exact) mass is 319 g/mol. The van der Waals surface area contributed by atoms with Gasteiger partial charge in [0.1, 0.15) is 9.39 Å². The van der Waals surface area contributed by atoms with E-state index >= 15 is 0 Å². The van der Waals surface area contributed by atoms with Crippen LogP contribution < -0.4 is 10.9 Å². The largest absolute Gasteiger partial charge is 0.362 e. The van der Waals surface area contributed by atoms with E-state index in [-0.39, 0.29) is 5.56 Å². The van der Waals surface area contributed by atoms with Gasteiger partial charge in [-0.2, -0.15) is 5.21 Å². The second-order valence-corrected chi connectivity index (χ2v) is 3.65. The van der Waals surface area contributed by atoms with Crippen molar-refractivity contribution in [1.82, 2.24) is 30.6 Å². The predicted octanol–water partition coefficient (Wildman–Crippen LogP) is -0.500. The van der Waals surface area contributed by atoms with Gasteiger partial charge in [0.05, 0.1) is 12.9 Å². The second kappa shape index (κ2) is 4.33. The van der Waals surface area contributed by atoms with Crippen molar-refractivity contribution in [2.24, 2.45) is 0 Å². The molecule has 2 rings (SSSR count). The van der Waals surface area contributed by atoms with E-state index in [1.54, 1.807) is 0 Å². The lowest BCUT2D eigenvalue weighted by Gasteiger charge is -2.02. The Kier molecular flexibility index (Phi) is 2.89. The first-order valence-electron chi connectivity index (χ1n) is 3.97. The highest BCUT2D eigenvalue weighted by Gasteiger charge is 2.05. The molecule has 0 aromatic carbocycles. The topological polar surface area (TPSA) is 112 Å². The third-order valence-corrected chi connectivity index (χ3v) is 2.60. The molecule has 0 bridgehead atoms. The Morgan fingerprint density at radius 1 is 1.53 bits per heavy atom. The highest BCUT2D eigenvalue weighted by Crippen LogP contribution is 2.08. The molecule has 0 unspecified atom stereocenters. The summed E-state index contributed by atoms with van der Waals surface area (Å²) in [6.45, 7) is 0.364. The summed E-state index contributed by atoms with van der Waals surface area (Å²) in [5, 5.41) is 16.2. The van der Waals surface area contributed by atoms with Gasteiger partial charge in [0, 0.05) is 0 Å². The number of hydrogen-bond donors (Lipinski definition) is 3. The van der Waals surface area contributed by atoms with E-state index in [4.69, 9.17) is 0 Å². The molecule has 15 heavy (non-hydrogen) atoms. The number of aromatic amines is 2. The van der Waals surface area contributed by atoms with Crippen molar-refractivity contribution in [3.63, 3.8) is 0 Å². The Hall–Kier alpha value is -1.52. The SMILES string of the molecule is O=c1[nH]cnc(NCc2nn[nH]n2)c1I. The van der Waals surface area contributed by atoms with Crippen LogP contribution in [0.2, 0.25) is 0 Å². The van der Waals surface area contributed by atoms with Crippen LogP contribution in [-0.2, 0) is 6.54 Å². The van der Waals surface area contributed by atoms with Gasteiger partial charge in [0.2, 0.25) is 0 Å². The Morgan fingerprint density at radius 3 is 3.13 bits per heavy atom. The minimum atomic E-state index is -0.179. The highest BCUT2D eigenvalue weighted by molar-refractivity contribution is 14.1. The van der Waals surface area contributed by atoms with Crippen molar-refractivity contribution in [1.29, 1.82) is 0 Å². The molecule has 0 radical (unpaired) electrons. The number of nitrogens with zero attached hydrogens (tertiary/aromatic N) is 4. The van der Waals surface area contributed by atoms with Gasteiger partial charge < -0.3 is 10.3 Å². The number of halogens is 1. The van der Waals surface area contributed by atoms with Crippen LogP contribution in [0.25, 0.3) is 0 Å². The molecule has 0 aliphatic heterocycles. The number of nitrogens with one attached hydrogen (secondary N) is 3. The summed E-state index contributed by atoms with van der Waals surface area (Å²) in [5.41, 5.74) is -0.179. The van der Waals surface area contributed by atoms with Crippen molar-refractivity contribution in [3.05, 3.63) is 26.1 Å². The van der Waals surface area contributed by atoms with Gasteiger partial charge in [-0.25, -0.2) is 4.98 Å². The molecule has 0 amide bonds. The van der Waals surface area contributed by atoms with Crippen LogP contribution >= 0.6 is 22.6 Å². The van der Waals surface area contributed by atoms with E-state index < -0.39 is 0 Å². The molecule has 2 aromatic heterocycles. The van der Waals surface area contributed by atoms with Crippen molar-refractivity contribution in [3.8, 4) is 0 Å². The van der Waals surface area contributed by atoms with Gasteiger partial charge >= 0.3 is 0 Å². The smallest absolute Gasteiger partial charge is 0.266 e. The maximum Gasteiger partial charge on any atom is 0.266 e. The third kappa shape index (κ3) is 2.29. The van der Waals surface area contributed by atoms with Crippen LogP contribution in [0.4, 0.5) is 5.82 Å². The zero-order chi connectivity index (χ0) is 10.7. The van der Waals surface area contributed by atoms with Crippen LogP contribution in [0.15, 0.2) is 11.1 Å². The van der Waals surface area contributed by atoms with E-state index in [0.29, 0.717) is 21.8 Å². The van der Waals surface area contributed by atoms with E-state index in [2.05, 4.69) is 35.9 Å². The first-order valence-corrected chi connectivity index (χ1v) is 5.04. The zero-order valence-corrected chi connectivity index (χ0v) is 9.52. The average molecular weight is 319 g/mol. The molecule has 0 atom stereocenters. The van der Waals surface area contributed by atoms with E-state index in [1.165, 1.54) is 6.33 Å². The molecule has 2 heterocycles. The molecule has 0 fully saturated rings. The molecular formula is C6H6IN7O. The minimum Gasteiger partial charge on any atom is -0.362 e. The fourth-order valence-electron chi connectivity index (χ4n) is 0.926. The molecule has 0 aliphatic rings. The van der Waals surface area contributed by atoms with Gasteiger partial charge in [-0.1, -0.05) is 5.21 Å². The molecule has 3 N–H and O–H groups in total. The maximum absolute atomic E-state index is 11.2. The molecule has 0 saturated heterocycles. The Labute approximate surface area is 97.0 Å². The molecule has 78 valence electrons. The molecule has 8 nitrogen and oxygen atoms in total. The van der Waals surface area contributed by atoms with Gasteiger partial charge in [0.25, 0.3) is 5.56 Å². The first-order chi connectivity index (χ1) is 7.27. The molecule has 2 aromatic rings. The summed E-state index contributed by atoms with van der Waals surface area (Å²) < 4.78 is 0.499. The predicted molar refractivity (Wildman–Crippen MR) is 59.1 cm³/mol. The van der Waals surface area contributed by atoms with Crippen LogP contribution in [0, 0.1) is 3.57 Å². The standard InChI is InChI=1S/C6H6IN7O/c7-4-5(9-2-10-6(4)15)8-1-3-11-13-14-12-3/h2H,1H2,(H2,8,9,10,15)(H,11,12,13,14).